The number of ether oxygens (including phenoxy) is 2. The van der Waals surface area contributed by atoms with Crippen LogP contribution in [0.5, 0.6) is 0 Å². The van der Waals surface area contributed by atoms with Gasteiger partial charge in [0.15, 0.2) is 5.96 Å². The van der Waals surface area contributed by atoms with E-state index in [9.17, 15) is 4.79 Å². The van der Waals surface area contributed by atoms with E-state index in [-0.39, 0.29) is 36.1 Å². The van der Waals surface area contributed by atoms with Crippen LogP contribution in [0.3, 0.4) is 0 Å². The van der Waals surface area contributed by atoms with E-state index in [1.807, 2.05) is 27.8 Å². The Kier molecular flexibility index (Phi) is 14.6. The molecule has 2 aliphatic rings. The molecule has 0 aromatic heterocycles. The molecule has 0 radical (unpaired) electrons. The fourth-order valence-corrected chi connectivity index (χ4v) is 4.34. The SMILES string of the molecule is CN=C(NCCCCCOC1CCCCC1)NC1CCC(NC(=O)OC(C)(C)C)CC1.I. The highest BCUT2D eigenvalue weighted by atomic mass is 127. The van der Waals surface area contributed by atoms with E-state index in [0.29, 0.717) is 12.1 Å². The highest BCUT2D eigenvalue weighted by Gasteiger charge is 2.25. The average Bonchev–Trinajstić information content (AvgIpc) is 2.73. The molecule has 0 spiro atoms. The van der Waals surface area contributed by atoms with Gasteiger partial charge in [0, 0.05) is 32.3 Å². The van der Waals surface area contributed by atoms with E-state index in [2.05, 4.69) is 20.9 Å². The first-order valence-electron chi connectivity index (χ1n) is 12.4. The fourth-order valence-electron chi connectivity index (χ4n) is 4.34. The quantitative estimate of drug-likeness (QED) is 0.156. The van der Waals surface area contributed by atoms with Crippen LogP contribution in [0, 0.1) is 0 Å². The van der Waals surface area contributed by atoms with Gasteiger partial charge in [-0.25, -0.2) is 4.79 Å². The van der Waals surface area contributed by atoms with Gasteiger partial charge in [-0.1, -0.05) is 19.3 Å². The summed E-state index contributed by atoms with van der Waals surface area (Å²) in [6.07, 6.45) is 14.1. The number of hydrogen-bond acceptors (Lipinski definition) is 4. The number of nitrogens with zero attached hydrogens (tertiary/aromatic N) is 1. The number of alkyl carbamates (subject to hydrolysis) is 1. The Labute approximate surface area is 212 Å². The maximum Gasteiger partial charge on any atom is 0.407 e. The van der Waals surface area contributed by atoms with Crippen LogP contribution in [0.4, 0.5) is 4.79 Å². The van der Waals surface area contributed by atoms with Gasteiger partial charge < -0.3 is 25.4 Å². The van der Waals surface area contributed by atoms with Crippen LogP contribution < -0.4 is 16.0 Å². The number of aliphatic imine (C=N–C) groups is 1. The zero-order chi connectivity index (χ0) is 22.5. The van der Waals surface area contributed by atoms with Gasteiger partial charge in [-0.05, 0) is 78.6 Å². The highest BCUT2D eigenvalue weighted by Crippen LogP contribution is 2.21. The van der Waals surface area contributed by atoms with Crippen molar-refractivity contribution < 1.29 is 14.3 Å². The predicted octanol–water partition coefficient (Wildman–Crippen LogP) is 5.12. The molecule has 3 N–H and O–H groups in total. The minimum atomic E-state index is -0.455. The molecule has 32 heavy (non-hydrogen) atoms. The first-order chi connectivity index (χ1) is 14.9. The molecule has 188 valence electrons. The average molecular weight is 567 g/mol. The van der Waals surface area contributed by atoms with Crippen LogP contribution in [0.2, 0.25) is 0 Å². The van der Waals surface area contributed by atoms with Crippen molar-refractivity contribution in [3.63, 3.8) is 0 Å². The summed E-state index contributed by atoms with van der Waals surface area (Å²) < 4.78 is 11.4. The van der Waals surface area contributed by atoms with Crippen LogP contribution >= 0.6 is 24.0 Å². The van der Waals surface area contributed by atoms with Gasteiger partial charge in [-0.3, -0.25) is 4.99 Å². The van der Waals surface area contributed by atoms with E-state index < -0.39 is 5.60 Å². The van der Waals surface area contributed by atoms with E-state index >= 15 is 0 Å². The number of rotatable bonds is 9. The minimum absolute atomic E-state index is 0. The number of halogens is 1. The van der Waals surface area contributed by atoms with Gasteiger partial charge in [0.1, 0.15) is 5.60 Å². The molecule has 0 unspecified atom stereocenters. The summed E-state index contributed by atoms with van der Waals surface area (Å²) in [5.41, 5.74) is -0.455. The third-order valence-corrected chi connectivity index (χ3v) is 6.03. The van der Waals surface area contributed by atoms with Crippen molar-refractivity contribution in [3.8, 4) is 0 Å². The zero-order valence-electron chi connectivity index (χ0n) is 20.7. The number of carbonyl (C=O) groups excluding carboxylic acids is 1. The van der Waals surface area contributed by atoms with Crippen molar-refractivity contribution >= 4 is 36.0 Å². The summed E-state index contributed by atoms with van der Waals surface area (Å²) in [7, 11) is 1.82. The molecule has 1 amide bonds. The molecule has 2 aliphatic carbocycles. The lowest BCUT2D eigenvalue weighted by atomic mass is 9.91. The second kappa shape index (κ2) is 16.0. The minimum Gasteiger partial charge on any atom is -0.444 e. The van der Waals surface area contributed by atoms with Crippen molar-refractivity contribution in [2.75, 3.05) is 20.2 Å². The monoisotopic (exact) mass is 566 g/mol. The maximum absolute atomic E-state index is 11.9. The number of nitrogens with one attached hydrogen (secondary N) is 3. The van der Waals surface area contributed by atoms with E-state index in [1.165, 1.54) is 38.5 Å². The third kappa shape index (κ3) is 13.1. The maximum atomic E-state index is 11.9. The molecule has 0 aromatic carbocycles. The summed E-state index contributed by atoms with van der Waals surface area (Å²) >= 11 is 0. The zero-order valence-corrected chi connectivity index (χ0v) is 23.0. The lowest BCUT2D eigenvalue weighted by Gasteiger charge is -2.31. The molecule has 0 aromatic rings. The van der Waals surface area contributed by atoms with Gasteiger partial charge >= 0.3 is 6.09 Å². The largest absolute Gasteiger partial charge is 0.444 e. The van der Waals surface area contributed by atoms with Crippen molar-refractivity contribution in [2.45, 2.75) is 122 Å². The second-order valence-electron chi connectivity index (χ2n) is 10.0. The smallest absolute Gasteiger partial charge is 0.407 e. The van der Waals surface area contributed by atoms with E-state index in [1.54, 1.807) is 0 Å². The van der Waals surface area contributed by atoms with Gasteiger partial charge in [-0.2, -0.15) is 0 Å². The number of amides is 1. The molecule has 0 atom stereocenters. The van der Waals surface area contributed by atoms with Crippen LogP contribution in [-0.4, -0.2) is 56.0 Å². The first-order valence-corrected chi connectivity index (χ1v) is 12.4. The summed E-state index contributed by atoms with van der Waals surface area (Å²) in [6.45, 7) is 7.49. The second-order valence-corrected chi connectivity index (χ2v) is 10.0. The van der Waals surface area contributed by atoms with Crippen molar-refractivity contribution in [1.82, 2.24) is 16.0 Å². The predicted molar refractivity (Wildman–Crippen MR) is 142 cm³/mol. The van der Waals surface area contributed by atoms with Crippen molar-refractivity contribution in [2.24, 2.45) is 4.99 Å². The Bertz CT molecular complexity index is 540. The lowest BCUT2D eigenvalue weighted by molar-refractivity contribution is 0.0263. The Morgan fingerprint density at radius 2 is 1.53 bits per heavy atom. The summed E-state index contributed by atoms with van der Waals surface area (Å²) in [5, 5.41) is 9.97. The van der Waals surface area contributed by atoms with Gasteiger partial charge in [0.25, 0.3) is 0 Å². The molecule has 0 aliphatic heterocycles. The Morgan fingerprint density at radius 3 is 2.12 bits per heavy atom. The normalized spacial score (nSPS) is 22.6. The number of hydrogen-bond donors (Lipinski definition) is 3. The lowest BCUT2D eigenvalue weighted by Crippen LogP contribution is -2.48. The van der Waals surface area contributed by atoms with Crippen LogP contribution in [0.1, 0.15) is 97.8 Å². The Morgan fingerprint density at radius 1 is 0.906 bits per heavy atom. The van der Waals surface area contributed by atoms with Crippen LogP contribution in [0.15, 0.2) is 4.99 Å². The molecule has 7 nitrogen and oxygen atoms in total. The molecule has 2 saturated carbocycles. The standard InChI is InChI=1S/C24H46N4O3.HI/c1-24(2,3)31-23(29)28-20-15-13-19(14-16-20)27-22(25-4)26-17-9-6-10-18-30-21-11-7-5-8-12-21;/h19-21H,5-18H2,1-4H3,(H,28,29)(H2,25,26,27);1H. The van der Waals surface area contributed by atoms with E-state index in [4.69, 9.17) is 9.47 Å². The molecule has 0 saturated heterocycles. The van der Waals surface area contributed by atoms with E-state index in [0.717, 1.165) is 57.6 Å². The summed E-state index contributed by atoms with van der Waals surface area (Å²) in [5.74, 6) is 0.877. The molecule has 8 heteroatoms. The molecule has 2 fully saturated rings. The highest BCUT2D eigenvalue weighted by molar-refractivity contribution is 14.0. The first kappa shape index (κ1) is 29.3. The van der Waals surface area contributed by atoms with Gasteiger partial charge in [0.2, 0.25) is 0 Å². The molecular weight excluding hydrogens is 519 g/mol. The van der Waals surface area contributed by atoms with Gasteiger partial charge in [0.05, 0.1) is 6.10 Å². The van der Waals surface area contributed by atoms with Crippen molar-refractivity contribution in [1.29, 1.82) is 0 Å². The third-order valence-electron chi connectivity index (χ3n) is 6.03. The van der Waals surface area contributed by atoms with Crippen LogP contribution in [-0.2, 0) is 9.47 Å². The van der Waals surface area contributed by atoms with Crippen molar-refractivity contribution in [3.05, 3.63) is 0 Å². The number of carbonyl (C=O) groups is 1. The molecule has 2 rings (SSSR count). The summed E-state index contributed by atoms with van der Waals surface area (Å²) in [4.78, 5) is 16.3. The summed E-state index contributed by atoms with van der Waals surface area (Å²) in [6, 6.07) is 0.588. The molecule has 0 bridgehead atoms. The number of unbranched alkanes of at least 4 members (excludes halogenated alkanes) is 2. The molecule has 0 heterocycles. The van der Waals surface area contributed by atoms with Gasteiger partial charge in [-0.15, -0.1) is 24.0 Å². The topological polar surface area (TPSA) is 84.0 Å². The number of guanidine groups is 1. The Balaban J connectivity index is 0.00000512. The molecular formula is C24H47IN4O3. The fraction of sp³-hybridized carbons (Fsp3) is 0.917. The Hall–Kier alpha value is -0.770. The van der Waals surface area contributed by atoms with Crippen LogP contribution in [0.25, 0.3) is 0 Å².